The second kappa shape index (κ2) is 3.55. The number of ether oxygens (including phenoxy) is 1. The SMILES string of the molecule is COc1nc(Cl)cc2c(Cl)ncnc12. The molecule has 2 rings (SSSR count). The summed E-state index contributed by atoms with van der Waals surface area (Å²) in [5, 5.41) is 1.26. The zero-order valence-corrected chi connectivity index (χ0v) is 8.67. The van der Waals surface area contributed by atoms with Gasteiger partial charge in [0.1, 0.15) is 22.2 Å². The Bertz CT molecular complexity index is 489. The largest absolute Gasteiger partial charge is 0.479 e. The molecule has 0 bridgehead atoms. The number of fused-ring (bicyclic) bond motifs is 1. The highest BCUT2D eigenvalue weighted by atomic mass is 35.5. The summed E-state index contributed by atoms with van der Waals surface area (Å²) in [5.41, 5.74) is 0.553. The number of aromatic nitrogens is 3. The molecule has 0 radical (unpaired) electrons. The third kappa shape index (κ3) is 1.47. The zero-order valence-electron chi connectivity index (χ0n) is 7.16. The number of rotatable bonds is 1. The topological polar surface area (TPSA) is 47.9 Å². The molecule has 14 heavy (non-hydrogen) atoms. The molecule has 2 aromatic heterocycles. The van der Waals surface area contributed by atoms with Crippen LogP contribution in [0, 0.1) is 0 Å². The Morgan fingerprint density at radius 2 is 2.07 bits per heavy atom. The van der Waals surface area contributed by atoms with Crippen molar-refractivity contribution >= 4 is 34.1 Å². The molecule has 0 fully saturated rings. The quantitative estimate of drug-likeness (QED) is 0.557. The van der Waals surface area contributed by atoms with Crippen LogP contribution in [0.5, 0.6) is 5.88 Å². The van der Waals surface area contributed by atoms with E-state index < -0.39 is 0 Å². The standard InChI is InChI=1S/C8H5Cl2N3O/c1-14-8-6-4(2-5(9)13-8)7(10)12-3-11-6/h2-3H,1H3. The van der Waals surface area contributed by atoms with E-state index in [0.717, 1.165) is 0 Å². The van der Waals surface area contributed by atoms with Crippen molar-refractivity contribution in [2.75, 3.05) is 7.11 Å². The lowest BCUT2D eigenvalue weighted by Gasteiger charge is -2.04. The first-order valence-electron chi connectivity index (χ1n) is 3.73. The van der Waals surface area contributed by atoms with Crippen molar-refractivity contribution in [1.82, 2.24) is 15.0 Å². The molecule has 0 saturated heterocycles. The number of nitrogens with zero attached hydrogens (tertiary/aromatic N) is 3. The van der Waals surface area contributed by atoms with Crippen LogP contribution in [0.1, 0.15) is 0 Å². The minimum atomic E-state index is 0.297. The first-order chi connectivity index (χ1) is 6.72. The predicted molar refractivity (Wildman–Crippen MR) is 53.9 cm³/mol. The van der Waals surface area contributed by atoms with E-state index in [2.05, 4.69) is 15.0 Å². The third-order valence-corrected chi connectivity index (χ3v) is 2.20. The average Bonchev–Trinajstić information content (AvgIpc) is 2.18. The van der Waals surface area contributed by atoms with E-state index in [1.165, 1.54) is 13.4 Å². The molecule has 2 heterocycles. The van der Waals surface area contributed by atoms with Crippen LogP contribution in [-0.2, 0) is 0 Å². The molecule has 0 N–H and O–H groups in total. The van der Waals surface area contributed by atoms with Crippen molar-refractivity contribution in [2.45, 2.75) is 0 Å². The van der Waals surface area contributed by atoms with Crippen LogP contribution in [0.2, 0.25) is 10.3 Å². The van der Waals surface area contributed by atoms with E-state index in [4.69, 9.17) is 27.9 Å². The van der Waals surface area contributed by atoms with Crippen molar-refractivity contribution < 1.29 is 4.74 Å². The van der Waals surface area contributed by atoms with Crippen LogP contribution in [0.15, 0.2) is 12.4 Å². The molecular formula is C8H5Cl2N3O. The number of pyridine rings is 1. The Labute approximate surface area is 89.9 Å². The minimum absolute atomic E-state index is 0.297. The average molecular weight is 230 g/mol. The number of halogens is 2. The van der Waals surface area contributed by atoms with E-state index in [-0.39, 0.29) is 0 Å². The van der Waals surface area contributed by atoms with Crippen molar-refractivity contribution in [2.24, 2.45) is 0 Å². The van der Waals surface area contributed by atoms with Crippen LogP contribution in [-0.4, -0.2) is 22.1 Å². The number of hydrogen-bond donors (Lipinski definition) is 0. The molecule has 0 atom stereocenters. The summed E-state index contributed by atoms with van der Waals surface area (Å²) in [7, 11) is 1.49. The fourth-order valence-corrected chi connectivity index (χ4v) is 1.49. The molecule has 0 amide bonds. The van der Waals surface area contributed by atoms with Gasteiger partial charge in [0, 0.05) is 5.39 Å². The van der Waals surface area contributed by atoms with Crippen molar-refractivity contribution in [3.05, 3.63) is 22.7 Å². The van der Waals surface area contributed by atoms with E-state index >= 15 is 0 Å². The first kappa shape index (κ1) is 9.43. The molecule has 0 aliphatic rings. The fourth-order valence-electron chi connectivity index (χ4n) is 1.12. The van der Waals surface area contributed by atoms with E-state index in [1.807, 2.05) is 0 Å². The molecule has 0 aliphatic heterocycles. The van der Waals surface area contributed by atoms with Gasteiger partial charge < -0.3 is 4.74 Å². The fraction of sp³-hybridized carbons (Fsp3) is 0.125. The van der Waals surface area contributed by atoms with Gasteiger partial charge in [-0.15, -0.1) is 0 Å². The molecule has 0 aromatic carbocycles. The maximum Gasteiger partial charge on any atom is 0.241 e. The van der Waals surface area contributed by atoms with Crippen molar-refractivity contribution in [1.29, 1.82) is 0 Å². The highest BCUT2D eigenvalue weighted by Crippen LogP contribution is 2.27. The van der Waals surface area contributed by atoms with Gasteiger partial charge in [-0.3, -0.25) is 0 Å². The summed E-state index contributed by atoms with van der Waals surface area (Å²) >= 11 is 11.6. The Kier molecular flexibility index (Phi) is 2.39. The maximum atomic E-state index is 5.86. The smallest absolute Gasteiger partial charge is 0.241 e. The van der Waals surface area contributed by atoms with Gasteiger partial charge in [0.15, 0.2) is 0 Å². The number of hydrogen-bond acceptors (Lipinski definition) is 4. The monoisotopic (exact) mass is 229 g/mol. The van der Waals surface area contributed by atoms with Crippen LogP contribution < -0.4 is 4.74 Å². The molecule has 4 nitrogen and oxygen atoms in total. The summed E-state index contributed by atoms with van der Waals surface area (Å²) in [6.07, 6.45) is 1.35. The maximum absolute atomic E-state index is 5.86. The highest BCUT2D eigenvalue weighted by Gasteiger charge is 2.09. The lowest BCUT2D eigenvalue weighted by Crippen LogP contribution is -1.93. The lowest BCUT2D eigenvalue weighted by atomic mass is 10.3. The first-order valence-corrected chi connectivity index (χ1v) is 4.48. The Morgan fingerprint density at radius 1 is 1.29 bits per heavy atom. The molecule has 0 saturated carbocycles. The van der Waals surface area contributed by atoms with Crippen LogP contribution >= 0.6 is 23.2 Å². The Balaban J connectivity index is 2.87. The van der Waals surface area contributed by atoms with Gasteiger partial charge >= 0.3 is 0 Å². The normalized spacial score (nSPS) is 10.5. The van der Waals surface area contributed by atoms with Gasteiger partial charge in [0.25, 0.3) is 0 Å². The van der Waals surface area contributed by atoms with Gasteiger partial charge in [-0.05, 0) is 6.07 Å². The Hall–Kier alpha value is -1.13. The van der Waals surface area contributed by atoms with E-state index in [0.29, 0.717) is 27.1 Å². The molecular weight excluding hydrogens is 225 g/mol. The van der Waals surface area contributed by atoms with Crippen molar-refractivity contribution in [3.8, 4) is 5.88 Å². The molecule has 6 heteroatoms. The predicted octanol–water partition coefficient (Wildman–Crippen LogP) is 2.34. The van der Waals surface area contributed by atoms with Gasteiger partial charge in [0.05, 0.1) is 7.11 Å². The van der Waals surface area contributed by atoms with Gasteiger partial charge in [0.2, 0.25) is 5.88 Å². The zero-order chi connectivity index (χ0) is 10.1. The minimum Gasteiger partial charge on any atom is -0.479 e. The number of methoxy groups -OCH3 is 1. The summed E-state index contributed by atoms with van der Waals surface area (Å²) in [5.74, 6) is 0.344. The van der Waals surface area contributed by atoms with Gasteiger partial charge in [-0.25, -0.2) is 9.97 Å². The lowest BCUT2D eigenvalue weighted by molar-refractivity contribution is 0.402. The summed E-state index contributed by atoms with van der Waals surface area (Å²) in [6, 6.07) is 1.60. The summed E-state index contributed by atoms with van der Waals surface area (Å²) in [6.45, 7) is 0. The van der Waals surface area contributed by atoms with Gasteiger partial charge in [-0.2, -0.15) is 4.98 Å². The van der Waals surface area contributed by atoms with E-state index in [9.17, 15) is 0 Å². The molecule has 0 aliphatic carbocycles. The van der Waals surface area contributed by atoms with Crippen LogP contribution in [0.4, 0.5) is 0 Å². The second-order valence-corrected chi connectivity index (χ2v) is 3.26. The molecule has 0 unspecified atom stereocenters. The summed E-state index contributed by atoms with van der Waals surface area (Å²) in [4.78, 5) is 11.8. The molecule has 0 spiro atoms. The van der Waals surface area contributed by atoms with Crippen molar-refractivity contribution in [3.63, 3.8) is 0 Å². The van der Waals surface area contributed by atoms with Crippen LogP contribution in [0.25, 0.3) is 10.9 Å². The second-order valence-electron chi connectivity index (χ2n) is 2.51. The van der Waals surface area contributed by atoms with Crippen LogP contribution in [0.3, 0.4) is 0 Å². The highest BCUT2D eigenvalue weighted by molar-refractivity contribution is 6.35. The molecule has 72 valence electrons. The van der Waals surface area contributed by atoms with E-state index in [1.54, 1.807) is 6.07 Å². The third-order valence-electron chi connectivity index (χ3n) is 1.70. The Morgan fingerprint density at radius 3 is 2.79 bits per heavy atom. The van der Waals surface area contributed by atoms with Gasteiger partial charge in [-0.1, -0.05) is 23.2 Å². The summed E-state index contributed by atoms with van der Waals surface area (Å²) < 4.78 is 5.02. The molecule has 2 aromatic rings.